The smallest absolute Gasteiger partial charge is 0.151 e. The Morgan fingerprint density at radius 3 is 3.11 bits per heavy atom. The van der Waals surface area contributed by atoms with E-state index < -0.39 is 0 Å². The summed E-state index contributed by atoms with van der Waals surface area (Å²) in [5, 5.41) is 8.06. The zero-order valence-electron chi connectivity index (χ0n) is 11.2. The number of halogens is 1. The van der Waals surface area contributed by atoms with E-state index in [2.05, 4.69) is 27.3 Å². The summed E-state index contributed by atoms with van der Waals surface area (Å²) in [5.74, 6) is 0.982. The third-order valence-corrected chi connectivity index (χ3v) is 3.24. The monoisotopic (exact) mass is 281 g/mol. The number of hydrogen-bond acceptors (Lipinski definition) is 3. The van der Waals surface area contributed by atoms with Gasteiger partial charge in [-0.1, -0.05) is 24.9 Å². The van der Waals surface area contributed by atoms with Crippen LogP contribution in [0.5, 0.6) is 0 Å². The van der Waals surface area contributed by atoms with Gasteiger partial charge >= 0.3 is 0 Å². The number of H-pyrrole nitrogens is 1. The van der Waals surface area contributed by atoms with Crippen LogP contribution in [0.15, 0.2) is 18.5 Å². The Labute approximate surface area is 118 Å². The van der Waals surface area contributed by atoms with Crippen molar-refractivity contribution in [3.8, 4) is 0 Å². The molecule has 0 aromatic carbocycles. The van der Waals surface area contributed by atoms with Crippen LogP contribution < -0.4 is 5.32 Å². The molecular formula is C13H20ClN5. The normalized spacial score (nSPS) is 11.1. The number of nitrogens with one attached hydrogen (secondary N) is 2. The second kappa shape index (κ2) is 7.31. The second-order valence-electron chi connectivity index (χ2n) is 4.50. The Morgan fingerprint density at radius 2 is 2.37 bits per heavy atom. The van der Waals surface area contributed by atoms with Gasteiger partial charge in [0.1, 0.15) is 5.82 Å². The number of hydrogen-bond donors (Lipinski definition) is 2. The van der Waals surface area contributed by atoms with Crippen LogP contribution in [0.25, 0.3) is 0 Å². The molecule has 0 fully saturated rings. The van der Waals surface area contributed by atoms with E-state index in [1.54, 1.807) is 6.20 Å². The van der Waals surface area contributed by atoms with E-state index in [1.807, 2.05) is 16.9 Å². The number of imidazole rings is 1. The van der Waals surface area contributed by atoms with Crippen molar-refractivity contribution < 1.29 is 0 Å². The van der Waals surface area contributed by atoms with Crippen molar-refractivity contribution in [3.63, 3.8) is 0 Å². The molecule has 0 spiro atoms. The van der Waals surface area contributed by atoms with E-state index in [0.717, 1.165) is 43.9 Å². The van der Waals surface area contributed by atoms with E-state index in [0.29, 0.717) is 11.7 Å². The minimum absolute atomic E-state index is 0.581. The fourth-order valence-corrected chi connectivity index (χ4v) is 2.08. The number of unbranched alkanes of at least 4 members (excludes halogenated alkanes) is 1. The first kappa shape index (κ1) is 14.1. The summed E-state index contributed by atoms with van der Waals surface area (Å²) in [4.78, 5) is 7.61. The molecule has 2 heterocycles. The van der Waals surface area contributed by atoms with Gasteiger partial charge < -0.3 is 10.3 Å². The van der Waals surface area contributed by atoms with Gasteiger partial charge in [-0.25, -0.2) is 4.98 Å². The molecule has 0 saturated carbocycles. The maximum atomic E-state index is 6.10. The molecule has 0 aliphatic heterocycles. The van der Waals surface area contributed by atoms with Crippen molar-refractivity contribution in [2.45, 2.75) is 39.3 Å². The Balaban J connectivity index is 1.74. The Hall–Kier alpha value is -1.33. The quantitative estimate of drug-likeness (QED) is 0.731. The molecule has 0 aliphatic rings. The lowest BCUT2D eigenvalue weighted by atomic mass is 10.2. The average Bonchev–Trinajstić information content (AvgIpc) is 3.02. The molecule has 2 aromatic heterocycles. The average molecular weight is 282 g/mol. The lowest BCUT2D eigenvalue weighted by Crippen LogP contribution is -2.20. The lowest BCUT2D eigenvalue weighted by molar-refractivity contribution is 0.552. The van der Waals surface area contributed by atoms with Crippen LogP contribution in [0.3, 0.4) is 0 Å². The molecule has 104 valence electrons. The summed E-state index contributed by atoms with van der Waals surface area (Å²) >= 11 is 6.10. The third kappa shape index (κ3) is 4.36. The van der Waals surface area contributed by atoms with Crippen molar-refractivity contribution in [3.05, 3.63) is 35.1 Å². The van der Waals surface area contributed by atoms with Crippen molar-refractivity contribution in [2.24, 2.45) is 0 Å². The van der Waals surface area contributed by atoms with Gasteiger partial charge in [0.05, 0.1) is 12.2 Å². The first-order valence-corrected chi connectivity index (χ1v) is 7.08. The van der Waals surface area contributed by atoms with E-state index in [9.17, 15) is 0 Å². The van der Waals surface area contributed by atoms with Crippen LogP contribution >= 0.6 is 11.6 Å². The van der Waals surface area contributed by atoms with Gasteiger partial charge in [0.25, 0.3) is 0 Å². The lowest BCUT2D eigenvalue weighted by Gasteiger charge is -2.03. The summed E-state index contributed by atoms with van der Waals surface area (Å²) in [6, 6.07) is 1.92. The zero-order chi connectivity index (χ0) is 13.5. The minimum atomic E-state index is 0.581. The topological polar surface area (TPSA) is 58.5 Å². The molecule has 2 aromatic rings. The molecule has 6 heteroatoms. The fraction of sp³-hybridized carbons (Fsp3) is 0.538. The number of aryl methyl sites for hydroxylation is 1. The number of rotatable bonds is 8. The minimum Gasteiger partial charge on any atom is -0.344 e. The summed E-state index contributed by atoms with van der Waals surface area (Å²) in [7, 11) is 0. The van der Waals surface area contributed by atoms with Gasteiger partial charge in [-0.3, -0.25) is 4.68 Å². The first-order chi connectivity index (χ1) is 9.29. The molecular weight excluding hydrogens is 262 g/mol. The fourth-order valence-electron chi connectivity index (χ4n) is 1.86. The van der Waals surface area contributed by atoms with Gasteiger partial charge in [-0.2, -0.15) is 5.10 Å². The number of aromatic amines is 1. The summed E-state index contributed by atoms with van der Waals surface area (Å²) < 4.78 is 1.90. The van der Waals surface area contributed by atoms with Gasteiger partial charge in [0.15, 0.2) is 5.15 Å². The number of nitrogens with zero attached hydrogens (tertiary/aromatic N) is 3. The highest BCUT2D eigenvalue weighted by atomic mass is 35.5. The van der Waals surface area contributed by atoms with Crippen molar-refractivity contribution in [2.75, 3.05) is 6.54 Å². The van der Waals surface area contributed by atoms with Crippen LogP contribution in [-0.2, 0) is 19.5 Å². The van der Waals surface area contributed by atoms with Crippen LogP contribution in [0.2, 0.25) is 5.15 Å². The van der Waals surface area contributed by atoms with E-state index >= 15 is 0 Å². The van der Waals surface area contributed by atoms with Gasteiger partial charge in [-0.05, 0) is 12.5 Å². The molecule has 0 atom stereocenters. The predicted molar refractivity (Wildman–Crippen MR) is 76.1 cm³/mol. The maximum absolute atomic E-state index is 6.10. The van der Waals surface area contributed by atoms with E-state index in [4.69, 9.17) is 11.6 Å². The SMILES string of the molecule is CCCCc1nc(Cl)c(CNCCn2cccn2)[nH]1. The van der Waals surface area contributed by atoms with Crippen molar-refractivity contribution in [1.82, 2.24) is 25.1 Å². The second-order valence-corrected chi connectivity index (χ2v) is 4.86. The predicted octanol–water partition coefficient (Wildman–Crippen LogP) is 2.39. The van der Waals surface area contributed by atoms with Crippen molar-refractivity contribution in [1.29, 1.82) is 0 Å². The van der Waals surface area contributed by atoms with E-state index in [-0.39, 0.29) is 0 Å². The molecule has 2 N–H and O–H groups in total. The van der Waals surface area contributed by atoms with Gasteiger partial charge in [0, 0.05) is 31.9 Å². The summed E-state index contributed by atoms with van der Waals surface area (Å²) in [5.41, 5.74) is 0.966. The standard InChI is InChI=1S/C13H20ClN5/c1-2-3-5-12-17-11(13(14)18-12)10-15-7-9-19-8-4-6-16-19/h4,6,8,15H,2-3,5,7,9-10H2,1H3,(H,17,18). The van der Waals surface area contributed by atoms with Gasteiger partial charge in [0.2, 0.25) is 0 Å². The third-order valence-electron chi connectivity index (χ3n) is 2.92. The largest absolute Gasteiger partial charge is 0.344 e. The highest BCUT2D eigenvalue weighted by molar-refractivity contribution is 6.30. The number of aromatic nitrogens is 4. The molecule has 19 heavy (non-hydrogen) atoms. The van der Waals surface area contributed by atoms with Crippen LogP contribution in [-0.4, -0.2) is 26.3 Å². The molecule has 0 amide bonds. The molecule has 0 unspecified atom stereocenters. The van der Waals surface area contributed by atoms with Gasteiger partial charge in [-0.15, -0.1) is 0 Å². The van der Waals surface area contributed by atoms with E-state index in [1.165, 1.54) is 0 Å². The zero-order valence-corrected chi connectivity index (χ0v) is 12.0. The molecule has 0 radical (unpaired) electrons. The highest BCUT2D eigenvalue weighted by Gasteiger charge is 2.07. The molecule has 0 aliphatic carbocycles. The Morgan fingerprint density at radius 1 is 1.47 bits per heavy atom. The first-order valence-electron chi connectivity index (χ1n) is 6.71. The molecule has 2 rings (SSSR count). The summed E-state index contributed by atoms with van der Waals surface area (Å²) in [6.45, 7) is 4.57. The van der Waals surface area contributed by atoms with Crippen LogP contribution in [0.1, 0.15) is 31.3 Å². The Kier molecular flexibility index (Phi) is 5.42. The Bertz CT molecular complexity index is 477. The summed E-state index contributed by atoms with van der Waals surface area (Å²) in [6.07, 6.45) is 6.99. The van der Waals surface area contributed by atoms with Crippen LogP contribution in [0.4, 0.5) is 0 Å². The maximum Gasteiger partial charge on any atom is 0.151 e. The highest BCUT2D eigenvalue weighted by Crippen LogP contribution is 2.13. The molecule has 0 bridgehead atoms. The van der Waals surface area contributed by atoms with Crippen LogP contribution in [0, 0.1) is 0 Å². The molecule has 0 saturated heterocycles. The molecule has 5 nitrogen and oxygen atoms in total. The van der Waals surface area contributed by atoms with Crippen molar-refractivity contribution >= 4 is 11.6 Å².